The summed E-state index contributed by atoms with van der Waals surface area (Å²) < 4.78 is 0. The Morgan fingerprint density at radius 3 is 2.07 bits per heavy atom. The molecule has 0 aliphatic heterocycles. The Morgan fingerprint density at radius 2 is 1.64 bits per heavy atom. The molecule has 0 fully saturated rings. The minimum atomic E-state index is 0.216. The molecule has 0 aliphatic carbocycles. The van der Waals surface area contributed by atoms with Gasteiger partial charge in [0, 0.05) is 0 Å². The van der Waals surface area contributed by atoms with E-state index in [4.69, 9.17) is 23.2 Å². The van der Waals surface area contributed by atoms with Gasteiger partial charge in [-0.2, -0.15) is 0 Å². The van der Waals surface area contributed by atoms with Crippen molar-refractivity contribution < 1.29 is 0 Å². The molecule has 0 radical (unpaired) electrons. The Balaban J connectivity index is 3.12. The van der Waals surface area contributed by atoms with E-state index in [1.54, 1.807) is 0 Å². The minimum Gasteiger partial charge on any atom is -0.0827 e. The molecule has 0 atom stereocenters. The molecule has 1 aromatic carbocycles. The summed E-state index contributed by atoms with van der Waals surface area (Å²) in [5.41, 5.74) is 1.49. The van der Waals surface area contributed by atoms with Crippen LogP contribution in [-0.2, 0) is 5.41 Å². The van der Waals surface area contributed by atoms with E-state index < -0.39 is 0 Å². The van der Waals surface area contributed by atoms with Gasteiger partial charge >= 0.3 is 0 Å². The van der Waals surface area contributed by atoms with Crippen LogP contribution in [0.4, 0.5) is 0 Å². The molecule has 0 nitrogen and oxygen atoms in total. The third-order valence-electron chi connectivity index (χ3n) is 3.18. The smallest absolute Gasteiger partial charge is 0.0595 e. The first kappa shape index (κ1) is 11.9. The number of hydrogen-bond acceptors (Lipinski definition) is 0. The summed E-state index contributed by atoms with van der Waals surface area (Å²) in [6.45, 7) is 6.66. The summed E-state index contributed by atoms with van der Waals surface area (Å²) in [6.07, 6.45) is 2.23. The van der Waals surface area contributed by atoms with E-state index in [0.717, 1.165) is 12.8 Å². The van der Waals surface area contributed by atoms with Gasteiger partial charge in [-0.25, -0.2) is 0 Å². The van der Waals surface area contributed by atoms with Crippen molar-refractivity contribution in [3.63, 3.8) is 0 Å². The zero-order chi connectivity index (χ0) is 10.8. The Hall–Kier alpha value is -0.200. The van der Waals surface area contributed by atoms with E-state index in [2.05, 4.69) is 26.8 Å². The molecule has 2 heteroatoms. The number of benzene rings is 1. The fraction of sp³-hybridized carbons (Fsp3) is 0.500. The molecule has 0 unspecified atom stereocenters. The monoisotopic (exact) mass is 230 g/mol. The lowest BCUT2D eigenvalue weighted by Gasteiger charge is -2.27. The maximum atomic E-state index is 6.00. The van der Waals surface area contributed by atoms with Crippen molar-refractivity contribution in [3.8, 4) is 0 Å². The lowest BCUT2D eigenvalue weighted by atomic mass is 9.78. The number of hydrogen-bond donors (Lipinski definition) is 0. The molecule has 0 N–H and O–H groups in total. The summed E-state index contributed by atoms with van der Waals surface area (Å²) in [5.74, 6) is 0. The van der Waals surface area contributed by atoms with Crippen LogP contribution in [0.3, 0.4) is 0 Å². The average molecular weight is 231 g/mol. The lowest BCUT2D eigenvalue weighted by Crippen LogP contribution is -2.19. The molecule has 0 aliphatic rings. The quantitative estimate of drug-likeness (QED) is 0.681. The first-order chi connectivity index (χ1) is 6.53. The Kier molecular flexibility index (Phi) is 3.86. The minimum absolute atomic E-state index is 0.216. The second-order valence-corrected chi connectivity index (χ2v) is 4.71. The highest BCUT2D eigenvalue weighted by Crippen LogP contribution is 2.34. The Labute approximate surface area is 96.2 Å². The van der Waals surface area contributed by atoms with E-state index >= 15 is 0 Å². The molecule has 0 saturated heterocycles. The number of halogens is 2. The van der Waals surface area contributed by atoms with Gasteiger partial charge in [-0.3, -0.25) is 0 Å². The lowest BCUT2D eigenvalue weighted by molar-refractivity contribution is 0.439. The van der Waals surface area contributed by atoms with Crippen LogP contribution in [0.25, 0.3) is 0 Å². The molecule has 1 rings (SSSR count). The molecule has 0 saturated carbocycles. The molecule has 0 aromatic heterocycles. The van der Waals surface area contributed by atoms with Crippen LogP contribution < -0.4 is 0 Å². The van der Waals surface area contributed by atoms with E-state index in [-0.39, 0.29) is 5.41 Å². The van der Waals surface area contributed by atoms with Crippen molar-refractivity contribution in [2.75, 3.05) is 0 Å². The predicted molar refractivity (Wildman–Crippen MR) is 64.4 cm³/mol. The molecular formula is C12H16Cl2. The van der Waals surface area contributed by atoms with Crippen molar-refractivity contribution in [2.45, 2.75) is 39.0 Å². The second kappa shape index (κ2) is 4.55. The normalized spacial score (nSPS) is 11.8. The number of rotatable bonds is 3. The molecule has 0 heterocycles. The third kappa shape index (κ3) is 2.24. The summed E-state index contributed by atoms with van der Waals surface area (Å²) in [6, 6.07) is 5.93. The van der Waals surface area contributed by atoms with Crippen molar-refractivity contribution in [1.82, 2.24) is 0 Å². The van der Waals surface area contributed by atoms with Crippen LogP contribution in [0.2, 0.25) is 10.0 Å². The van der Waals surface area contributed by atoms with Gasteiger partial charge in [0.15, 0.2) is 0 Å². The summed E-state index contributed by atoms with van der Waals surface area (Å²) in [7, 11) is 0. The van der Waals surface area contributed by atoms with Gasteiger partial charge in [-0.1, -0.05) is 50.0 Å². The Morgan fingerprint density at radius 1 is 1.07 bits per heavy atom. The molecule has 78 valence electrons. The zero-order valence-corrected chi connectivity index (χ0v) is 10.4. The van der Waals surface area contributed by atoms with Gasteiger partial charge in [0.05, 0.1) is 10.0 Å². The highest BCUT2D eigenvalue weighted by Gasteiger charge is 2.22. The molecule has 0 spiro atoms. The van der Waals surface area contributed by atoms with Gasteiger partial charge in [-0.15, -0.1) is 0 Å². The highest BCUT2D eigenvalue weighted by atomic mass is 35.5. The summed E-state index contributed by atoms with van der Waals surface area (Å²) in [4.78, 5) is 0. The van der Waals surface area contributed by atoms with Crippen LogP contribution in [-0.4, -0.2) is 0 Å². The largest absolute Gasteiger partial charge is 0.0827 e. The van der Waals surface area contributed by atoms with Gasteiger partial charge in [0.1, 0.15) is 0 Å². The van der Waals surface area contributed by atoms with Gasteiger partial charge in [-0.05, 0) is 36.0 Å². The van der Waals surface area contributed by atoms with E-state index in [1.165, 1.54) is 5.56 Å². The fourth-order valence-corrected chi connectivity index (χ4v) is 1.83. The van der Waals surface area contributed by atoms with Gasteiger partial charge < -0.3 is 0 Å². The van der Waals surface area contributed by atoms with Gasteiger partial charge in [0.25, 0.3) is 0 Å². The summed E-state index contributed by atoms with van der Waals surface area (Å²) in [5, 5.41) is 1.28. The molecule has 0 amide bonds. The summed E-state index contributed by atoms with van der Waals surface area (Å²) >= 11 is 11.9. The van der Waals surface area contributed by atoms with Crippen molar-refractivity contribution in [1.29, 1.82) is 0 Å². The molecule has 1 aromatic rings. The van der Waals surface area contributed by atoms with E-state index in [9.17, 15) is 0 Å². The predicted octanol–water partition coefficient (Wildman–Crippen LogP) is 5.07. The Bertz CT molecular complexity index is 314. The topological polar surface area (TPSA) is 0 Å². The third-order valence-corrected chi connectivity index (χ3v) is 3.92. The fourth-order valence-electron chi connectivity index (χ4n) is 1.53. The second-order valence-electron chi connectivity index (χ2n) is 3.90. The maximum Gasteiger partial charge on any atom is 0.0595 e. The first-order valence-corrected chi connectivity index (χ1v) is 5.74. The standard InChI is InChI=1S/C12H16Cl2/c1-4-12(3,5-2)9-6-7-10(13)11(14)8-9/h6-8H,4-5H2,1-3H3. The van der Waals surface area contributed by atoms with Crippen LogP contribution in [0, 0.1) is 0 Å². The van der Waals surface area contributed by atoms with Crippen LogP contribution in [0.15, 0.2) is 18.2 Å². The van der Waals surface area contributed by atoms with Crippen molar-refractivity contribution in [3.05, 3.63) is 33.8 Å². The van der Waals surface area contributed by atoms with E-state index in [1.807, 2.05) is 12.1 Å². The van der Waals surface area contributed by atoms with Crippen LogP contribution >= 0.6 is 23.2 Å². The maximum absolute atomic E-state index is 6.00. The highest BCUT2D eigenvalue weighted by molar-refractivity contribution is 6.42. The van der Waals surface area contributed by atoms with Gasteiger partial charge in [0.2, 0.25) is 0 Å². The molecule has 14 heavy (non-hydrogen) atoms. The first-order valence-electron chi connectivity index (χ1n) is 4.99. The van der Waals surface area contributed by atoms with E-state index in [0.29, 0.717) is 10.0 Å². The zero-order valence-electron chi connectivity index (χ0n) is 8.90. The SMILES string of the molecule is CCC(C)(CC)c1ccc(Cl)c(Cl)c1. The van der Waals surface area contributed by atoms with Crippen LogP contribution in [0.5, 0.6) is 0 Å². The van der Waals surface area contributed by atoms with Crippen molar-refractivity contribution in [2.24, 2.45) is 0 Å². The molecular weight excluding hydrogens is 215 g/mol. The van der Waals surface area contributed by atoms with Crippen molar-refractivity contribution >= 4 is 23.2 Å². The van der Waals surface area contributed by atoms with Crippen LogP contribution in [0.1, 0.15) is 39.2 Å². The molecule has 0 bridgehead atoms. The average Bonchev–Trinajstić information content (AvgIpc) is 2.21.